The summed E-state index contributed by atoms with van der Waals surface area (Å²) in [6, 6.07) is 1.57. The lowest BCUT2D eigenvalue weighted by Gasteiger charge is -2.30. The molecule has 0 radical (unpaired) electrons. The van der Waals surface area contributed by atoms with Gasteiger partial charge in [-0.2, -0.15) is 11.8 Å². The predicted octanol–water partition coefficient (Wildman–Crippen LogP) is 0.833. The predicted molar refractivity (Wildman–Crippen MR) is 54.8 cm³/mol. The first kappa shape index (κ1) is 8.85. The van der Waals surface area contributed by atoms with Gasteiger partial charge in [-0.15, -0.1) is 0 Å². The molecule has 1 saturated heterocycles. The van der Waals surface area contributed by atoms with Crippen LogP contribution in [0.3, 0.4) is 0 Å². The molecule has 1 atom stereocenters. The van der Waals surface area contributed by atoms with Gasteiger partial charge in [-0.1, -0.05) is 6.42 Å². The molecule has 0 aromatic rings. The zero-order valence-corrected chi connectivity index (χ0v) is 8.33. The second-order valence-electron chi connectivity index (χ2n) is 3.76. The van der Waals surface area contributed by atoms with E-state index < -0.39 is 0 Å². The molecule has 0 aromatic carbocycles. The highest BCUT2D eigenvalue weighted by Crippen LogP contribution is 2.18. The molecule has 1 aliphatic heterocycles. The highest BCUT2D eigenvalue weighted by Gasteiger charge is 2.19. The van der Waals surface area contributed by atoms with Gasteiger partial charge < -0.3 is 10.6 Å². The first-order valence-corrected chi connectivity index (χ1v) is 6.15. The fourth-order valence-corrected chi connectivity index (χ4v) is 2.62. The minimum atomic E-state index is 0.726. The average molecular weight is 186 g/mol. The van der Waals surface area contributed by atoms with Crippen LogP contribution in [-0.2, 0) is 0 Å². The van der Waals surface area contributed by atoms with E-state index in [0.717, 1.165) is 12.1 Å². The van der Waals surface area contributed by atoms with Crippen molar-refractivity contribution < 1.29 is 0 Å². The summed E-state index contributed by atoms with van der Waals surface area (Å²) in [6.07, 6.45) is 4.24. The molecule has 0 spiro atoms. The van der Waals surface area contributed by atoms with Crippen LogP contribution in [0.2, 0.25) is 0 Å². The summed E-state index contributed by atoms with van der Waals surface area (Å²) in [4.78, 5) is 0. The molecule has 1 unspecified atom stereocenters. The molecule has 2 fully saturated rings. The zero-order valence-electron chi connectivity index (χ0n) is 7.51. The Balaban J connectivity index is 1.58. The summed E-state index contributed by atoms with van der Waals surface area (Å²) in [5, 5.41) is 7.15. The number of nitrogens with one attached hydrogen (secondary N) is 2. The smallest absolute Gasteiger partial charge is 0.0283 e. The van der Waals surface area contributed by atoms with E-state index >= 15 is 0 Å². The van der Waals surface area contributed by atoms with Gasteiger partial charge in [0.2, 0.25) is 0 Å². The van der Waals surface area contributed by atoms with Gasteiger partial charge in [0.1, 0.15) is 0 Å². The molecule has 0 aromatic heterocycles. The SMILES string of the molecule is C1CC(NCC2CSCCN2)C1. The van der Waals surface area contributed by atoms with E-state index in [2.05, 4.69) is 22.4 Å². The summed E-state index contributed by atoms with van der Waals surface area (Å²) in [6.45, 7) is 2.37. The second-order valence-corrected chi connectivity index (χ2v) is 4.91. The molecular weight excluding hydrogens is 168 g/mol. The van der Waals surface area contributed by atoms with Crippen molar-refractivity contribution in [1.29, 1.82) is 0 Å². The quantitative estimate of drug-likeness (QED) is 0.683. The Morgan fingerprint density at radius 3 is 2.92 bits per heavy atom. The van der Waals surface area contributed by atoms with Gasteiger partial charge in [0.25, 0.3) is 0 Å². The van der Waals surface area contributed by atoms with Crippen molar-refractivity contribution in [2.45, 2.75) is 31.3 Å². The molecule has 1 saturated carbocycles. The highest BCUT2D eigenvalue weighted by atomic mass is 32.2. The lowest BCUT2D eigenvalue weighted by molar-refractivity contribution is 0.326. The maximum atomic E-state index is 3.61. The van der Waals surface area contributed by atoms with Gasteiger partial charge in [0.15, 0.2) is 0 Å². The van der Waals surface area contributed by atoms with Crippen LogP contribution in [0.25, 0.3) is 0 Å². The standard InChI is InChI=1S/C9H18N2S/c1-2-8(3-1)11-6-9-7-12-5-4-10-9/h8-11H,1-7H2. The molecule has 0 bridgehead atoms. The highest BCUT2D eigenvalue weighted by molar-refractivity contribution is 7.99. The zero-order chi connectivity index (χ0) is 8.23. The Morgan fingerprint density at radius 1 is 1.42 bits per heavy atom. The van der Waals surface area contributed by atoms with E-state index in [1.807, 2.05) is 0 Å². The average Bonchev–Trinajstić information content (AvgIpc) is 2.04. The number of hydrogen-bond donors (Lipinski definition) is 2. The maximum Gasteiger partial charge on any atom is 0.0283 e. The number of rotatable bonds is 3. The Hall–Kier alpha value is 0.270. The van der Waals surface area contributed by atoms with Crippen molar-refractivity contribution in [3.05, 3.63) is 0 Å². The number of hydrogen-bond acceptors (Lipinski definition) is 3. The molecule has 2 N–H and O–H groups in total. The van der Waals surface area contributed by atoms with Gasteiger partial charge in [-0.05, 0) is 12.8 Å². The summed E-state index contributed by atoms with van der Waals surface area (Å²) in [7, 11) is 0. The van der Waals surface area contributed by atoms with Crippen LogP contribution < -0.4 is 10.6 Å². The van der Waals surface area contributed by atoms with Crippen LogP contribution in [-0.4, -0.2) is 36.7 Å². The van der Waals surface area contributed by atoms with Crippen molar-refractivity contribution in [2.75, 3.05) is 24.6 Å². The minimum Gasteiger partial charge on any atom is -0.312 e. The van der Waals surface area contributed by atoms with Crippen molar-refractivity contribution in [1.82, 2.24) is 10.6 Å². The molecule has 1 aliphatic carbocycles. The van der Waals surface area contributed by atoms with Crippen molar-refractivity contribution >= 4 is 11.8 Å². The van der Waals surface area contributed by atoms with Crippen LogP contribution >= 0.6 is 11.8 Å². The molecule has 2 rings (SSSR count). The third kappa shape index (κ3) is 2.38. The van der Waals surface area contributed by atoms with Crippen molar-refractivity contribution in [3.63, 3.8) is 0 Å². The van der Waals surface area contributed by atoms with E-state index in [4.69, 9.17) is 0 Å². The van der Waals surface area contributed by atoms with Crippen molar-refractivity contribution in [2.24, 2.45) is 0 Å². The normalized spacial score (nSPS) is 31.5. The van der Waals surface area contributed by atoms with Crippen LogP contribution in [0.1, 0.15) is 19.3 Å². The molecular formula is C9H18N2S. The van der Waals surface area contributed by atoms with Crippen LogP contribution in [0.15, 0.2) is 0 Å². The summed E-state index contributed by atoms with van der Waals surface area (Å²) in [5.74, 6) is 2.58. The molecule has 12 heavy (non-hydrogen) atoms. The number of thioether (sulfide) groups is 1. The van der Waals surface area contributed by atoms with E-state index in [0.29, 0.717) is 0 Å². The minimum absolute atomic E-state index is 0.726. The van der Waals surface area contributed by atoms with Gasteiger partial charge in [-0.25, -0.2) is 0 Å². The van der Waals surface area contributed by atoms with Gasteiger partial charge in [0, 0.05) is 36.7 Å². The second kappa shape index (κ2) is 4.49. The largest absolute Gasteiger partial charge is 0.312 e. The fraction of sp³-hybridized carbons (Fsp3) is 1.00. The first-order chi connectivity index (χ1) is 5.95. The van der Waals surface area contributed by atoms with Gasteiger partial charge >= 0.3 is 0 Å². The Kier molecular flexibility index (Phi) is 3.31. The Labute approximate surface area is 78.9 Å². The van der Waals surface area contributed by atoms with Crippen LogP contribution in [0, 0.1) is 0 Å². The lowest BCUT2D eigenvalue weighted by atomic mass is 9.93. The summed E-state index contributed by atoms with van der Waals surface area (Å²) >= 11 is 2.08. The van der Waals surface area contributed by atoms with E-state index in [1.54, 1.807) is 0 Å². The fourth-order valence-electron chi connectivity index (χ4n) is 1.67. The summed E-state index contributed by atoms with van der Waals surface area (Å²) < 4.78 is 0. The monoisotopic (exact) mass is 186 g/mol. The molecule has 2 aliphatic rings. The molecule has 70 valence electrons. The topological polar surface area (TPSA) is 24.1 Å². The van der Waals surface area contributed by atoms with Gasteiger partial charge in [0.05, 0.1) is 0 Å². The molecule has 3 heteroatoms. The van der Waals surface area contributed by atoms with Gasteiger partial charge in [-0.3, -0.25) is 0 Å². The van der Waals surface area contributed by atoms with E-state index in [1.165, 1.54) is 43.9 Å². The first-order valence-electron chi connectivity index (χ1n) is 4.99. The third-order valence-corrected chi connectivity index (χ3v) is 3.89. The van der Waals surface area contributed by atoms with Crippen LogP contribution in [0.4, 0.5) is 0 Å². The summed E-state index contributed by atoms with van der Waals surface area (Å²) in [5.41, 5.74) is 0. The lowest BCUT2D eigenvalue weighted by Crippen LogP contribution is -2.48. The van der Waals surface area contributed by atoms with E-state index in [9.17, 15) is 0 Å². The Bertz CT molecular complexity index is 130. The molecule has 1 heterocycles. The van der Waals surface area contributed by atoms with Crippen LogP contribution in [0.5, 0.6) is 0 Å². The molecule has 0 amide bonds. The Morgan fingerprint density at radius 2 is 2.33 bits per heavy atom. The molecule has 2 nitrogen and oxygen atoms in total. The third-order valence-electron chi connectivity index (χ3n) is 2.76. The van der Waals surface area contributed by atoms with E-state index in [-0.39, 0.29) is 0 Å². The van der Waals surface area contributed by atoms with Crippen molar-refractivity contribution in [3.8, 4) is 0 Å². The maximum absolute atomic E-state index is 3.61.